The summed E-state index contributed by atoms with van der Waals surface area (Å²) in [6.07, 6.45) is 4.20. The van der Waals surface area contributed by atoms with Crippen LogP contribution in [0.15, 0.2) is 82.4 Å². The molecule has 0 spiro atoms. The third-order valence-corrected chi connectivity index (χ3v) is 6.05. The lowest BCUT2D eigenvalue weighted by Crippen LogP contribution is -2.29. The third-order valence-electron chi connectivity index (χ3n) is 4.61. The molecule has 0 heterocycles. The highest BCUT2D eigenvalue weighted by Crippen LogP contribution is 2.22. The lowest BCUT2D eigenvalue weighted by molar-refractivity contribution is -0.117. The molecule has 0 bridgehead atoms. The van der Waals surface area contributed by atoms with Crippen molar-refractivity contribution in [2.24, 2.45) is 10.1 Å². The van der Waals surface area contributed by atoms with Crippen LogP contribution in [0.5, 0.6) is 11.5 Å². The molecule has 1 amide bonds. The molecule has 1 aliphatic carbocycles. The smallest absolute Gasteiger partial charge is 0.387 e. The average molecular weight is 525 g/mol. The summed E-state index contributed by atoms with van der Waals surface area (Å²) in [5, 5.41) is 3.65. The standard InChI is InChI=1S/C23H19F4N3O5S/c1-34-17-9-7-16(8-10-17)29-18-11-6-14(12-20(18)36(32,33)23(26)27)21(31)30-28-13-15-4-2-3-5-19(15)35-22(24)25/h2-13,22-23H,1H3,(H,30,31)(H,32,33)/b28-13-,29-18?. The first-order valence-corrected chi connectivity index (χ1v) is 11.6. The normalized spacial score (nSPS) is 16.4. The van der Waals surface area contributed by atoms with E-state index >= 15 is 0 Å². The summed E-state index contributed by atoms with van der Waals surface area (Å²) in [7, 11) is -3.43. The number of aliphatic imine (C=N–C) groups is 1. The van der Waals surface area contributed by atoms with Gasteiger partial charge >= 0.3 is 12.4 Å². The molecular formula is C23H19F4N3O5S. The molecular weight excluding hydrogens is 506 g/mol. The molecule has 190 valence electrons. The number of carbonyl (C=O) groups excluding carboxylic acids is 1. The molecule has 1 aliphatic rings. The zero-order valence-electron chi connectivity index (χ0n) is 18.5. The second-order valence-electron chi connectivity index (χ2n) is 6.94. The van der Waals surface area contributed by atoms with Crippen molar-refractivity contribution >= 4 is 38.2 Å². The highest BCUT2D eigenvalue weighted by atomic mass is 32.2. The Morgan fingerprint density at radius 2 is 1.78 bits per heavy atom. The monoisotopic (exact) mass is 525 g/mol. The molecule has 2 aromatic carbocycles. The van der Waals surface area contributed by atoms with Crippen LogP contribution in [0, 0.1) is 0 Å². The van der Waals surface area contributed by atoms with Gasteiger partial charge in [0, 0.05) is 11.1 Å². The van der Waals surface area contributed by atoms with Crippen molar-refractivity contribution in [3.05, 3.63) is 77.9 Å². The first-order chi connectivity index (χ1) is 17.1. The van der Waals surface area contributed by atoms with Crippen LogP contribution < -0.4 is 14.9 Å². The Bertz CT molecular complexity index is 1360. The van der Waals surface area contributed by atoms with Gasteiger partial charge in [0.2, 0.25) is 0 Å². The maximum absolute atomic E-state index is 13.4. The fraction of sp³-hybridized carbons (Fsp3) is 0.130. The van der Waals surface area contributed by atoms with E-state index < -0.39 is 32.9 Å². The summed E-state index contributed by atoms with van der Waals surface area (Å²) >= 11 is 0. The molecule has 2 aromatic rings. The van der Waals surface area contributed by atoms with Crippen molar-refractivity contribution in [3.8, 4) is 11.5 Å². The van der Waals surface area contributed by atoms with E-state index in [-0.39, 0.29) is 28.3 Å². The van der Waals surface area contributed by atoms with Gasteiger partial charge in [-0.15, -0.1) is 0 Å². The molecule has 0 fully saturated rings. The first-order valence-electron chi connectivity index (χ1n) is 10.0. The largest absolute Gasteiger partial charge is 0.497 e. The number of allylic oxidation sites excluding steroid dienone is 2. The van der Waals surface area contributed by atoms with Gasteiger partial charge < -0.3 is 14.0 Å². The summed E-state index contributed by atoms with van der Waals surface area (Å²) in [5.41, 5.74) is 2.00. The van der Waals surface area contributed by atoms with E-state index in [0.717, 1.165) is 18.4 Å². The molecule has 1 atom stereocenters. The van der Waals surface area contributed by atoms with E-state index in [1.165, 1.54) is 49.6 Å². The quantitative estimate of drug-likeness (QED) is 0.233. The average Bonchev–Trinajstić information content (AvgIpc) is 2.85. The van der Waals surface area contributed by atoms with Gasteiger partial charge in [0.25, 0.3) is 5.91 Å². The molecule has 0 saturated carbocycles. The van der Waals surface area contributed by atoms with Crippen LogP contribution in [0.3, 0.4) is 0 Å². The second kappa shape index (κ2) is 11.6. The van der Waals surface area contributed by atoms with E-state index in [1.807, 2.05) is 0 Å². The summed E-state index contributed by atoms with van der Waals surface area (Å²) < 4.78 is 83.6. The molecule has 2 N–H and O–H groups in total. The Hall–Kier alpha value is -3.97. The van der Waals surface area contributed by atoms with Crippen LogP contribution >= 0.6 is 0 Å². The molecule has 13 heteroatoms. The topological polar surface area (TPSA) is 110 Å². The number of ether oxygens (including phenoxy) is 2. The number of para-hydroxylation sites is 1. The summed E-state index contributed by atoms with van der Waals surface area (Å²) in [5.74, 6) is -4.23. The number of nitrogens with zero attached hydrogens (tertiary/aromatic N) is 2. The van der Waals surface area contributed by atoms with Crippen LogP contribution in [-0.4, -0.2) is 50.9 Å². The fourth-order valence-corrected chi connectivity index (χ4v) is 3.79. The van der Waals surface area contributed by atoms with Gasteiger partial charge in [-0.25, -0.2) is 14.6 Å². The molecule has 0 aliphatic heterocycles. The number of alkyl halides is 4. The van der Waals surface area contributed by atoms with Gasteiger partial charge in [0.05, 0.1) is 29.6 Å². The van der Waals surface area contributed by atoms with Crippen LogP contribution in [0.1, 0.15) is 5.56 Å². The van der Waals surface area contributed by atoms with Gasteiger partial charge in [-0.05, 0) is 54.6 Å². The zero-order valence-corrected chi connectivity index (χ0v) is 19.3. The van der Waals surface area contributed by atoms with Crippen molar-refractivity contribution in [3.63, 3.8) is 0 Å². The van der Waals surface area contributed by atoms with E-state index in [9.17, 15) is 31.1 Å². The lowest BCUT2D eigenvalue weighted by Gasteiger charge is -2.15. The molecule has 0 saturated heterocycles. The van der Waals surface area contributed by atoms with Gasteiger partial charge in [0.15, 0.2) is 9.80 Å². The van der Waals surface area contributed by atoms with Crippen molar-refractivity contribution < 1.29 is 40.6 Å². The highest BCUT2D eigenvalue weighted by molar-refractivity contribution is 7.99. The minimum absolute atomic E-state index is 0.128. The number of methoxy groups -OCH3 is 1. The molecule has 3 rings (SSSR count). The maximum Gasteiger partial charge on any atom is 0.387 e. The minimum Gasteiger partial charge on any atom is -0.497 e. The van der Waals surface area contributed by atoms with Crippen LogP contribution in [-0.2, 0) is 14.6 Å². The van der Waals surface area contributed by atoms with Crippen molar-refractivity contribution in [1.29, 1.82) is 0 Å². The third kappa shape index (κ3) is 6.58. The number of rotatable bonds is 8. The lowest BCUT2D eigenvalue weighted by atomic mass is 10.0. The molecule has 0 aromatic heterocycles. The Labute approximate surface area is 203 Å². The Kier molecular flexibility index (Phi) is 8.61. The number of amides is 1. The van der Waals surface area contributed by atoms with Gasteiger partial charge in [-0.2, -0.15) is 22.7 Å². The number of hydrazone groups is 1. The molecule has 8 nitrogen and oxygen atoms in total. The molecule has 1 unspecified atom stereocenters. The van der Waals surface area contributed by atoms with Crippen LogP contribution in [0.25, 0.3) is 0 Å². The number of nitrogens with one attached hydrogen (secondary N) is 1. The van der Waals surface area contributed by atoms with E-state index in [1.54, 1.807) is 12.1 Å². The SMILES string of the molecule is COc1ccc(N=C2C=CC(C(=O)N/N=C\c3ccccc3OC(F)F)=CC2=S(=O)(O)C(F)F)cc1. The summed E-state index contributed by atoms with van der Waals surface area (Å²) in [6.45, 7) is -3.07. The number of halogens is 4. The second-order valence-corrected chi connectivity index (χ2v) is 8.87. The van der Waals surface area contributed by atoms with Crippen LogP contribution in [0.2, 0.25) is 0 Å². The van der Waals surface area contributed by atoms with Crippen molar-refractivity contribution in [2.45, 2.75) is 12.4 Å². The number of hydrogen-bond acceptors (Lipinski definition) is 6. The summed E-state index contributed by atoms with van der Waals surface area (Å²) in [6, 6.07) is 11.8. The Balaban J connectivity index is 1.88. The van der Waals surface area contributed by atoms with Gasteiger partial charge in [-0.1, -0.05) is 12.1 Å². The molecule has 36 heavy (non-hydrogen) atoms. The fourth-order valence-electron chi connectivity index (χ4n) is 2.89. The van der Waals surface area contributed by atoms with E-state index in [0.29, 0.717) is 5.75 Å². The van der Waals surface area contributed by atoms with E-state index in [2.05, 4.69) is 20.3 Å². The van der Waals surface area contributed by atoms with E-state index in [4.69, 9.17) is 4.74 Å². The van der Waals surface area contributed by atoms with Gasteiger partial charge in [-0.3, -0.25) is 4.79 Å². The number of carbonyl (C=O) groups is 1. The predicted octanol–water partition coefficient (Wildman–Crippen LogP) is 4.17. The maximum atomic E-state index is 13.4. The number of benzene rings is 2. The molecule has 0 radical (unpaired) electrons. The highest BCUT2D eigenvalue weighted by Gasteiger charge is 2.27. The van der Waals surface area contributed by atoms with Crippen molar-refractivity contribution in [1.82, 2.24) is 5.43 Å². The summed E-state index contributed by atoms with van der Waals surface area (Å²) in [4.78, 5) is 15.9. The minimum atomic E-state index is -4.88. The van der Waals surface area contributed by atoms with Gasteiger partial charge in [0.1, 0.15) is 11.5 Å². The number of hydrogen-bond donors (Lipinski definition) is 2. The first kappa shape index (κ1) is 26.6. The Morgan fingerprint density at radius 1 is 1.08 bits per heavy atom. The predicted molar refractivity (Wildman–Crippen MR) is 128 cm³/mol. The zero-order chi connectivity index (χ0) is 26.3. The Morgan fingerprint density at radius 3 is 2.42 bits per heavy atom. The van der Waals surface area contributed by atoms with Crippen LogP contribution in [0.4, 0.5) is 23.2 Å². The van der Waals surface area contributed by atoms with Crippen molar-refractivity contribution in [2.75, 3.05) is 7.11 Å².